The van der Waals surface area contributed by atoms with E-state index in [-0.39, 0.29) is 0 Å². The zero-order chi connectivity index (χ0) is 11.1. The average molecular weight is 211 g/mol. The normalized spacial score (nSPS) is 22.3. The topological polar surface area (TPSA) is 32.3 Å². The molecule has 2 N–H and O–H groups in total. The van der Waals surface area contributed by atoms with Crippen molar-refractivity contribution in [3.63, 3.8) is 0 Å². The number of hydrogen-bond donors (Lipinski definition) is 2. The molecule has 0 bridgehead atoms. The number of rotatable bonds is 6. The van der Waals surface area contributed by atoms with Crippen LogP contribution in [0.5, 0.6) is 0 Å². The summed E-state index contributed by atoms with van der Waals surface area (Å²) >= 11 is 0. The summed E-state index contributed by atoms with van der Waals surface area (Å²) in [6, 6.07) is 0.481. The van der Waals surface area contributed by atoms with Gasteiger partial charge in [0.15, 0.2) is 0 Å². The smallest absolute Gasteiger partial charge is 0.0771 e. The van der Waals surface area contributed by atoms with E-state index < -0.39 is 5.60 Å². The molecule has 0 unspecified atom stereocenters. The minimum absolute atomic E-state index is 0.430. The summed E-state index contributed by atoms with van der Waals surface area (Å²) in [6.07, 6.45) is 9.69. The molecule has 88 valence electrons. The third-order valence-corrected chi connectivity index (χ3v) is 3.37. The Morgan fingerprint density at radius 2 is 2.07 bits per heavy atom. The van der Waals surface area contributed by atoms with Crippen LogP contribution in [0.2, 0.25) is 0 Å². The van der Waals surface area contributed by atoms with Crippen molar-refractivity contribution in [2.45, 2.75) is 63.5 Å². The van der Waals surface area contributed by atoms with Crippen LogP contribution in [0.25, 0.3) is 0 Å². The molecule has 1 aliphatic rings. The van der Waals surface area contributed by atoms with Gasteiger partial charge in [-0.15, -0.1) is 6.58 Å². The molecular weight excluding hydrogens is 186 g/mol. The van der Waals surface area contributed by atoms with Gasteiger partial charge in [0, 0.05) is 12.6 Å². The second-order valence-corrected chi connectivity index (χ2v) is 4.93. The molecule has 2 heteroatoms. The quantitative estimate of drug-likeness (QED) is 0.662. The van der Waals surface area contributed by atoms with Gasteiger partial charge in [-0.05, 0) is 32.6 Å². The molecule has 0 aromatic rings. The molecule has 1 aliphatic carbocycles. The Labute approximate surface area is 93.8 Å². The Kier molecular flexibility index (Phi) is 5.34. The zero-order valence-electron chi connectivity index (χ0n) is 9.97. The predicted molar refractivity (Wildman–Crippen MR) is 64.9 cm³/mol. The monoisotopic (exact) mass is 211 g/mol. The van der Waals surface area contributed by atoms with Crippen molar-refractivity contribution in [3.05, 3.63) is 12.7 Å². The van der Waals surface area contributed by atoms with Crippen LogP contribution in [0, 0.1) is 0 Å². The van der Waals surface area contributed by atoms with E-state index in [1.165, 1.54) is 19.3 Å². The standard InChI is InChI=1S/C13H25NO/c1-3-4-8-12(2)14-11-13(15)9-6-5-7-10-13/h3,12,14-15H,1,4-11H2,2H3/t12-/m0/s1. The van der Waals surface area contributed by atoms with Gasteiger partial charge >= 0.3 is 0 Å². The first-order valence-electron chi connectivity index (χ1n) is 6.23. The van der Waals surface area contributed by atoms with Crippen LogP contribution < -0.4 is 5.32 Å². The van der Waals surface area contributed by atoms with Gasteiger partial charge < -0.3 is 10.4 Å². The van der Waals surface area contributed by atoms with Crippen molar-refractivity contribution in [1.82, 2.24) is 5.32 Å². The summed E-state index contributed by atoms with van der Waals surface area (Å²) in [5.41, 5.74) is -0.430. The fourth-order valence-electron chi connectivity index (χ4n) is 2.22. The largest absolute Gasteiger partial charge is 0.389 e. The molecular formula is C13H25NO. The van der Waals surface area contributed by atoms with Gasteiger partial charge in [0.2, 0.25) is 0 Å². The molecule has 0 heterocycles. The third-order valence-electron chi connectivity index (χ3n) is 3.37. The maximum absolute atomic E-state index is 10.3. The number of hydrogen-bond acceptors (Lipinski definition) is 2. The summed E-state index contributed by atoms with van der Waals surface area (Å²) in [5, 5.41) is 13.7. The van der Waals surface area contributed by atoms with Crippen molar-refractivity contribution >= 4 is 0 Å². The van der Waals surface area contributed by atoms with Crippen LogP contribution in [-0.4, -0.2) is 23.3 Å². The molecule has 0 aromatic heterocycles. The van der Waals surface area contributed by atoms with Crippen LogP contribution in [0.15, 0.2) is 12.7 Å². The highest BCUT2D eigenvalue weighted by atomic mass is 16.3. The van der Waals surface area contributed by atoms with E-state index in [1.54, 1.807) is 0 Å². The minimum Gasteiger partial charge on any atom is -0.389 e. The molecule has 1 rings (SSSR count). The maximum atomic E-state index is 10.3. The minimum atomic E-state index is -0.430. The molecule has 0 aliphatic heterocycles. The Balaban J connectivity index is 2.19. The second kappa shape index (κ2) is 6.29. The summed E-state index contributed by atoms with van der Waals surface area (Å²) in [5.74, 6) is 0. The van der Waals surface area contributed by atoms with Crippen LogP contribution in [0.1, 0.15) is 51.9 Å². The van der Waals surface area contributed by atoms with Gasteiger partial charge in [-0.1, -0.05) is 25.3 Å². The van der Waals surface area contributed by atoms with E-state index in [4.69, 9.17) is 0 Å². The molecule has 1 atom stereocenters. The van der Waals surface area contributed by atoms with Crippen LogP contribution in [-0.2, 0) is 0 Å². The van der Waals surface area contributed by atoms with E-state index in [9.17, 15) is 5.11 Å². The fraction of sp³-hybridized carbons (Fsp3) is 0.846. The first-order valence-corrected chi connectivity index (χ1v) is 6.23. The summed E-state index contributed by atoms with van der Waals surface area (Å²) in [6.45, 7) is 6.65. The molecule has 0 radical (unpaired) electrons. The highest BCUT2D eigenvalue weighted by Gasteiger charge is 2.28. The lowest BCUT2D eigenvalue weighted by molar-refractivity contribution is 0.00289. The van der Waals surface area contributed by atoms with Crippen LogP contribution in [0.3, 0.4) is 0 Å². The molecule has 2 nitrogen and oxygen atoms in total. The van der Waals surface area contributed by atoms with E-state index in [0.29, 0.717) is 6.04 Å². The molecule has 1 fully saturated rings. The highest BCUT2D eigenvalue weighted by Crippen LogP contribution is 2.27. The molecule has 0 amide bonds. The predicted octanol–water partition coefficient (Wildman–Crippen LogP) is 2.63. The number of allylic oxidation sites excluding steroid dienone is 1. The first-order chi connectivity index (χ1) is 7.16. The maximum Gasteiger partial charge on any atom is 0.0771 e. The van der Waals surface area contributed by atoms with Crippen molar-refractivity contribution in [2.24, 2.45) is 0 Å². The van der Waals surface area contributed by atoms with Gasteiger partial charge in [0.1, 0.15) is 0 Å². The van der Waals surface area contributed by atoms with Gasteiger partial charge in [0.05, 0.1) is 5.60 Å². The third kappa shape index (κ3) is 4.80. The zero-order valence-corrected chi connectivity index (χ0v) is 9.97. The lowest BCUT2D eigenvalue weighted by Gasteiger charge is -2.33. The summed E-state index contributed by atoms with van der Waals surface area (Å²) in [4.78, 5) is 0. The average Bonchev–Trinajstić information content (AvgIpc) is 2.25. The lowest BCUT2D eigenvalue weighted by Crippen LogP contribution is -2.44. The van der Waals surface area contributed by atoms with Gasteiger partial charge in [-0.2, -0.15) is 0 Å². The Hall–Kier alpha value is -0.340. The number of nitrogens with one attached hydrogen (secondary N) is 1. The first kappa shape index (κ1) is 12.7. The van der Waals surface area contributed by atoms with Crippen LogP contribution in [0.4, 0.5) is 0 Å². The fourth-order valence-corrected chi connectivity index (χ4v) is 2.22. The second-order valence-electron chi connectivity index (χ2n) is 4.93. The molecule has 0 saturated heterocycles. The SMILES string of the molecule is C=CCC[C@H](C)NCC1(O)CCCCC1. The van der Waals surface area contributed by atoms with Gasteiger partial charge in [-0.25, -0.2) is 0 Å². The van der Waals surface area contributed by atoms with Crippen molar-refractivity contribution in [1.29, 1.82) is 0 Å². The molecule has 0 spiro atoms. The van der Waals surface area contributed by atoms with Crippen molar-refractivity contribution in [3.8, 4) is 0 Å². The summed E-state index contributed by atoms with van der Waals surface area (Å²) in [7, 11) is 0. The van der Waals surface area contributed by atoms with Crippen molar-refractivity contribution in [2.75, 3.05) is 6.54 Å². The summed E-state index contributed by atoms with van der Waals surface area (Å²) < 4.78 is 0. The van der Waals surface area contributed by atoms with Crippen molar-refractivity contribution < 1.29 is 5.11 Å². The molecule has 0 aromatic carbocycles. The van der Waals surface area contributed by atoms with Gasteiger partial charge in [0.25, 0.3) is 0 Å². The van der Waals surface area contributed by atoms with E-state index in [2.05, 4.69) is 18.8 Å². The Morgan fingerprint density at radius 1 is 1.40 bits per heavy atom. The molecule has 1 saturated carbocycles. The Morgan fingerprint density at radius 3 is 2.67 bits per heavy atom. The van der Waals surface area contributed by atoms with E-state index >= 15 is 0 Å². The highest BCUT2D eigenvalue weighted by molar-refractivity contribution is 4.85. The van der Waals surface area contributed by atoms with Gasteiger partial charge in [-0.3, -0.25) is 0 Å². The Bertz CT molecular complexity index is 185. The molecule has 15 heavy (non-hydrogen) atoms. The van der Waals surface area contributed by atoms with E-state index in [1.807, 2.05) is 6.08 Å². The number of aliphatic hydroxyl groups is 1. The lowest BCUT2D eigenvalue weighted by atomic mass is 9.84. The van der Waals surface area contributed by atoms with Crippen LogP contribution >= 0.6 is 0 Å². The van der Waals surface area contributed by atoms with E-state index in [0.717, 1.165) is 32.2 Å².